The van der Waals surface area contributed by atoms with E-state index in [0.717, 1.165) is 37.7 Å². The standard InChI is InChI=1S/C17H19F2N3O/c1-17(18,19)14-8-15-16(22(2)6-5-20-15)7-13(14)11-3-4-12(10-23)21-9-11/h3-4,7-10,12,20-21H,5-6H2,1-2H3. The number of rotatable bonds is 3. The lowest BCUT2D eigenvalue weighted by Crippen LogP contribution is -2.31. The van der Waals surface area contributed by atoms with Crippen LogP contribution in [0.15, 0.2) is 30.5 Å². The second-order valence-corrected chi connectivity index (χ2v) is 5.94. The van der Waals surface area contributed by atoms with Gasteiger partial charge >= 0.3 is 0 Å². The predicted octanol–water partition coefficient (Wildman–Crippen LogP) is 2.73. The Balaban J connectivity index is 2.11. The molecule has 0 aromatic heterocycles. The normalized spacial score (nSPS) is 20.3. The molecule has 2 heterocycles. The maximum atomic E-state index is 14.1. The van der Waals surface area contributed by atoms with E-state index in [4.69, 9.17) is 0 Å². The van der Waals surface area contributed by atoms with Gasteiger partial charge in [0.1, 0.15) is 12.3 Å². The lowest BCUT2D eigenvalue weighted by atomic mass is 9.92. The maximum Gasteiger partial charge on any atom is 0.271 e. The van der Waals surface area contributed by atoms with Crippen LogP contribution < -0.4 is 15.5 Å². The molecule has 0 fully saturated rings. The third-order valence-corrected chi connectivity index (χ3v) is 4.15. The molecule has 3 rings (SSSR count). The predicted molar refractivity (Wildman–Crippen MR) is 87.9 cm³/mol. The van der Waals surface area contributed by atoms with Crippen molar-refractivity contribution >= 4 is 23.2 Å². The van der Waals surface area contributed by atoms with E-state index >= 15 is 0 Å². The number of alkyl halides is 2. The van der Waals surface area contributed by atoms with E-state index in [1.165, 1.54) is 6.07 Å². The van der Waals surface area contributed by atoms with Gasteiger partial charge in [-0.2, -0.15) is 0 Å². The first-order valence-corrected chi connectivity index (χ1v) is 7.51. The highest BCUT2D eigenvalue weighted by Crippen LogP contribution is 2.41. The number of hydrogen-bond acceptors (Lipinski definition) is 4. The van der Waals surface area contributed by atoms with Crippen LogP contribution in [0.2, 0.25) is 0 Å². The molecule has 4 nitrogen and oxygen atoms in total. The van der Waals surface area contributed by atoms with Crippen LogP contribution >= 0.6 is 0 Å². The van der Waals surface area contributed by atoms with Crippen LogP contribution in [0.25, 0.3) is 5.57 Å². The number of dihydropyridines is 1. The van der Waals surface area contributed by atoms with Crippen LogP contribution in [-0.4, -0.2) is 32.5 Å². The molecule has 2 aliphatic heterocycles. The third kappa shape index (κ3) is 2.93. The Kier molecular flexibility index (Phi) is 3.83. The van der Waals surface area contributed by atoms with Gasteiger partial charge < -0.3 is 20.3 Å². The minimum absolute atomic E-state index is 0.0266. The Hall–Kier alpha value is -2.37. The molecule has 0 amide bonds. The Morgan fingerprint density at radius 1 is 1.39 bits per heavy atom. The molecule has 0 saturated heterocycles. The molecule has 23 heavy (non-hydrogen) atoms. The number of hydrogen-bond donors (Lipinski definition) is 2. The van der Waals surface area contributed by atoms with Crippen LogP contribution in [0.4, 0.5) is 20.2 Å². The van der Waals surface area contributed by atoms with E-state index < -0.39 is 12.0 Å². The van der Waals surface area contributed by atoms with Crippen molar-refractivity contribution in [3.8, 4) is 0 Å². The van der Waals surface area contributed by atoms with Gasteiger partial charge in [-0.05, 0) is 23.3 Å². The lowest BCUT2D eigenvalue weighted by Gasteiger charge is -2.31. The fourth-order valence-electron chi connectivity index (χ4n) is 2.88. The first-order chi connectivity index (χ1) is 10.9. The summed E-state index contributed by atoms with van der Waals surface area (Å²) in [5.74, 6) is -2.96. The number of likely N-dealkylation sites (N-methyl/N-ethyl adjacent to an activating group) is 1. The first-order valence-electron chi connectivity index (χ1n) is 7.51. The highest BCUT2D eigenvalue weighted by molar-refractivity contribution is 5.85. The number of allylic oxidation sites excluding steroid dienone is 2. The average molecular weight is 319 g/mol. The topological polar surface area (TPSA) is 44.4 Å². The molecule has 6 heteroatoms. The third-order valence-electron chi connectivity index (χ3n) is 4.15. The van der Waals surface area contributed by atoms with Crippen molar-refractivity contribution < 1.29 is 13.6 Å². The molecule has 1 unspecified atom stereocenters. The van der Waals surface area contributed by atoms with E-state index in [-0.39, 0.29) is 5.56 Å². The Bertz CT molecular complexity index is 692. The number of fused-ring (bicyclic) bond motifs is 1. The number of benzene rings is 1. The van der Waals surface area contributed by atoms with Gasteiger partial charge in [0.25, 0.3) is 5.92 Å². The largest absolute Gasteiger partial charge is 0.382 e. The molecule has 0 bridgehead atoms. The summed E-state index contributed by atoms with van der Waals surface area (Å²) in [5.41, 5.74) is 2.70. The van der Waals surface area contributed by atoms with Gasteiger partial charge in [-0.25, -0.2) is 8.78 Å². The van der Waals surface area contributed by atoms with Crippen LogP contribution in [0.5, 0.6) is 0 Å². The first kappa shape index (κ1) is 15.5. The zero-order valence-corrected chi connectivity index (χ0v) is 13.1. The minimum Gasteiger partial charge on any atom is -0.382 e. The molecule has 0 radical (unpaired) electrons. The number of anilines is 2. The summed E-state index contributed by atoms with van der Waals surface area (Å²) in [6, 6.07) is 2.90. The number of carbonyl (C=O) groups excluding carboxylic acids is 1. The van der Waals surface area contributed by atoms with Gasteiger partial charge in [0.15, 0.2) is 0 Å². The second-order valence-electron chi connectivity index (χ2n) is 5.94. The Labute approximate surface area is 133 Å². The smallest absolute Gasteiger partial charge is 0.271 e. The molecule has 122 valence electrons. The molecule has 1 aromatic carbocycles. The van der Waals surface area contributed by atoms with Crippen LogP contribution in [-0.2, 0) is 10.7 Å². The van der Waals surface area contributed by atoms with E-state index in [9.17, 15) is 13.6 Å². The zero-order valence-electron chi connectivity index (χ0n) is 13.1. The summed E-state index contributed by atoms with van der Waals surface area (Å²) in [6.07, 6.45) is 5.76. The summed E-state index contributed by atoms with van der Waals surface area (Å²) < 4.78 is 28.2. The molecule has 2 N–H and O–H groups in total. The fraction of sp³-hybridized carbons (Fsp3) is 0.353. The summed E-state index contributed by atoms with van der Waals surface area (Å²) in [6.45, 7) is 2.44. The zero-order chi connectivity index (χ0) is 16.6. The highest BCUT2D eigenvalue weighted by Gasteiger charge is 2.31. The van der Waals surface area contributed by atoms with E-state index in [0.29, 0.717) is 11.1 Å². The highest BCUT2D eigenvalue weighted by atomic mass is 19.3. The fourth-order valence-corrected chi connectivity index (χ4v) is 2.88. The second kappa shape index (κ2) is 5.68. The molecule has 1 aromatic rings. The van der Waals surface area contributed by atoms with Crippen molar-refractivity contribution in [2.75, 3.05) is 30.4 Å². The van der Waals surface area contributed by atoms with Crippen molar-refractivity contribution in [3.63, 3.8) is 0 Å². The molecular weight excluding hydrogens is 300 g/mol. The molecule has 0 aliphatic carbocycles. The van der Waals surface area contributed by atoms with Crippen molar-refractivity contribution in [1.29, 1.82) is 0 Å². The molecule has 0 saturated carbocycles. The summed E-state index contributed by atoms with van der Waals surface area (Å²) in [5, 5.41) is 6.07. The van der Waals surface area contributed by atoms with Crippen molar-refractivity contribution in [2.24, 2.45) is 0 Å². The van der Waals surface area contributed by atoms with E-state index in [1.54, 1.807) is 24.4 Å². The quantitative estimate of drug-likeness (QED) is 0.841. The van der Waals surface area contributed by atoms with E-state index in [2.05, 4.69) is 10.6 Å². The summed E-state index contributed by atoms with van der Waals surface area (Å²) in [4.78, 5) is 12.8. The Morgan fingerprint density at radius 3 is 2.78 bits per heavy atom. The molecule has 0 spiro atoms. The lowest BCUT2D eigenvalue weighted by molar-refractivity contribution is -0.108. The van der Waals surface area contributed by atoms with Crippen molar-refractivity contribution in [1.82, 2.24) is 5.32 Å². The number of nitrogens with one attached hydrogen (secondary N) is 2. The number of nitrogens with zero attached hydrogens (tertiary/aromatic N) is 1. The van der Waals surface area contributed by atoms with Gasteiger partial charge in [-0.15, -0.1) is 0 Å². The van der Waals surface area contributed by atoms with Crippen molar-refractivity contribution in [3.05, 3.63) is 41.6 Å². The van der Waals surface area contributed by atoms with Gasteiger partial charge in [-0.3, -0.25) is 0 Å². The van der Waals surface area contributed by atoms with Gasteiger partial charge in [0.2, 0.25) is 0 Å². The number of halogens is 2. The van der Waals surface area contributed by atoms with Crippen LogP contribution in [0.1, 0.15) is 18.1 Å². The molecule has 1 atom stereocenters. The SMILES string of the molecule is CN1CCNc2cc(C(C)(F)F)c(C3=CNC(C=O)C=C3)cc21. The summed E-state index contributed by atoms with van der Waals surface area (Å²) in [7, 11) is 1.94. The van der Waals surface area contributed by atoms with Gasteiger partial charge in [0, 0.05) is 38.8 Å². The monoisotopic (exact) mass is 319 g/mol. The van der Waals surface area contributed by atoms with Crippen LogP contribution in [0, 0.1) is 0 Å². The minimum atomic E-state index is -2.96. The Morgan fingerprint density at radius 2 is 2.17 bits per heavy atom. The summed E-state index contributed by atoms with van der Waals surface area (Å²) >= 11 is 0. The van der Waals surface area contributed by atoms with E-state index in [1.807, 2.05) is 11.9 Å². The van der Waals surface area contributed by atoms with Gasteiger partial charge in [-0.1, -0.05) is 12.2 Å². The van der Waals surface area contributed by atoms with Crippen LogP contribution in [0.3, 0.4) is 0 Å². The number of carbonyl (C=O) groups is 1. The molecular formula is C17H19F2N3O. The maximum absolute atomic E-state index is 14.1. The van der Waals surface area contributed by atoms with Crippen molar-refractivity contribution in [2.45, 2.75) is 18.9 Å². The molecule has 2 aliphatic rings. The van der Waals surface area contributed by atoms with Gasteiger partial charge in [0.05, 0.1) is 11.4 Å². The number of aldehydes is 1. The average Bonchev–Trinajstić information content (AvgIpc) is 2.53.